The van der Waals surface area contributed by atoms with E-state index in [-0.39, 0.29) is 50.7 Å². The fraction of sp³-hybridized carbons (Fsp3) is 0.667. The third-order valence-electron chi connectivity index (χ3n) is 1.90. The summed E-state index contributed by atoms with van der Waals surface area (Å²) in [6.45, 7) is 4.88. The first-order valence-electron chi connectivity index (χ1n) is 5.19. The van der Waals surface area contributed by atoms with Crippen LogP contribution in [0.3, 0.4) is 0 Å². The Morgan fingerprint density at radius 2 is 1.88 bits per heavy atom. The molecule has 0 unspecified atom stereocenters. The van der Waals surface area contributed by atoms with E-state index in [1.165, 1.54) is 24.8 Å². The molecule has 0 saturated heterocycles. The number of hydrogen-bond acceptors (Lipinski definition) is 0. The normalized spacial score (nSPS) is 11.1. The van der Waals surface area contributed by atoms with Crippen molar-refractivity contribution in [3.8, 4) is 0 Å². The Balaban J connectivity index is -0.0000000760. The Labute approximate surface area is 132 Å². The van der Waals surface area contributed by atoms with Crippen LogP contribution in [0, 0.1) is 6.08 Å². The first-order valence-corrected chi connectivity index (χ1v) is 5.19. The summed E-state index contributed by atoms with van der Waals surface area (Å²) >= 11 is 0. The number of unbranched alkanes of at least 4 members (excludes halogenated alkanes) is 3. The minimum Gasteiger partial charge on any atom is -1.00 e. The summed E-state index contributed by atoms with van der Waals surface area (Å²) < 4.78 is 0. The molecule has 0 aliphatic heterocycles. The van der Waals surface area contributed by atoms with Crippen LogP contribution in [0.15, 0.2) is 17.7 Å². The Morgan fingerprint density at radius 1 is 1.25 bits per heavy atom. The Hall–Kier alpha value is 0.890. The first kappa shape index (κ1) is 25.7. The van der Waals surface area contributed by atoms with Crippen LogP contribution in [0.2, 0.25) is 0 Å². The molecule has 0 aromatic carbocycles. The second-order valence-corrected chi connectivity index (χ2v) is 3.31. The zero-order chi connectivity index (χ0) is 9.94. The molecule has 0 fully saturated rings. The van der Waals surface area contributed by atoms with Crippen LogP contribution < -0.4 is 24.8 Å². The molecule has 1 N–H and O–H groups in total. The van der Waals surface area contributed by atoms with E-state index in [9.17, 15) is 0 Å². The van der Waals surface area contributed by atoms with E-state index in [4.69, 9.17) is 5.73 Å². The van der Waals surface area contributed by atoms with E-state index in [2.05, 4.69) is 26.0 Å². The topological polar surface area (TPSA) is 23.8 Å². The van der Waals surface area contributed by atoms with Crippen LogP contribution in [0.1, 0.15) is 46.0 Å². The molecule has 0 aromatic heterocycles. The van der Waals surface area contributed by atoms with Crippen molar-refractivity contribution < 1.29 is 50.7 Å². The van der Waals surface area contributed by atoms with Gasteiger partial charge in [-0.15, -0.1) is 13.3 Å². The number of allylic oxidation sites excluding steroid dienone is 4. The predicted octanol–water partition coefficient (Wildman–Crippen LogP) is -1.68. The molecule has 0 saturated carbocycles. The second-order valence-electron chi connectivity index (χ2n) is 3.31. The molecule has 1 aliphatic rings. The van der Waals surface area contributed by atoms with E-state index < -0.39 is 0 Å². The average molecular weight is 429 g/mol. The fourth-order valence-electron chi connectivity index (χ4n) is 1.05. The molecule has 1 rings (SSSR count). The molecular formula is C12H21Cl2HfN. The van der Waals surface area contributed by atoms with Gasteiger partial charge in [0.2, 0.25) is 0 Å². The largest absolute Gasteiger partial charge is 4.00 e. The maximum absolute atomic E-state index is 6.78. The van der Waals surface area contributed by atoms with Crippen LogP contribution in [0.25, 0.3) is 5.73 Å². The Bertz CT molecular complexity index is 164. The van der Waals surface area contributed by atoms with Gasteiger partial charge in [0, 0.05) is 0 Å². The zero-order valence-corrected chi connectivity index (χ0v) is 15.3. The third kappa shape index (κ3) is 20.3. The summed E-state index contributed by atoms with van der Waals surface area (Å²) in [5.41, 5.74) is 8.12. The number of rotatable bonds is 4. The van der Waals surface area contributed by atoms with E-state index in [0.717, 1.165) is 12.8 Å². The van der Waals surface area contributed by atoms with Crippen molar-refractivity contribution >= 4 is 0 Å². The van der Waals surface area contributed by atoms with Crippen molar-refractivity contribution in [2.45, 2.75) is 46.0 Å². The summed E-state index contributed by atoms with van der Waals surface area (Å²) in [4.78, 5) is 0. The summed E-state index contributed by atoms with van der Waals surface area (Å²) in [6.07, 6.45) is 13.2. The first-order chi connectivity index (χ1) is 6.31. The van der Waals surface area contributed by atoms with Gasteiger partial charge in [0.05, 0.1) is 0 Å². The molecule has 0 radical (unpaired) electrons. The van der Waals surface area contributed by atoms with Gasteiger partial charge >= 0.3 is 25.8 Å². The van der Waals surface area contributed by atoms with Crippen molar-refractivity contribution in [3.63, 3.8) is 0 Å². The standard InChI is InChI=1S/C6H14N.C6H7.2ClH.Hf/c1-2-3-4-5-6-7;1-6-4-2-3-5-6;;;/h7H,2-6H2,1H3;4-5H,2H2,1H3;2*1H;/q2*-1;;;+4/p-2. The van der Waals surface area contributed by atoms with Crippen molar-refractivity contribution in [2.75, 3.05) is 6.54 Å². The Kier molecular flexibility index (Phi) is 34.0. The van der Waals surface area contributed by atoms with Crippen LogP contribution in [-0.2, 0) is 25.8 Å². The molecule has 1 aliphatic carbocycles. The molecule has 0 bridgehead atoms. The maximum Gasteiger partial charge on any atom is 4.00 e. The summed E-state index contributed by atoms with van der Waals surface area (Å²) in [5.74, 6) is 0. The van der Waals surface area contributed by atoms with Gasteiger partial charge in [-0.2, -0.15) is 12.6 Å². The van der Waals surface area contributed by atoms with Crippen molar-refractivity contribution in [2.24, 2.45) is 0 Å². The average Bonchev–Trinajstić information content (AvgIpc) is 2.58. The van der Waals surface area contributed by atoms with Crippen LogP contribution in [-0.4, -0.2) is 6.54 Å². The van der Waals surface area contributed by atoms with Gasteiger partial charge in [-0.3, -0.25) is 6.08 Å². The number of hydrogen-bond donors (Lipinski definition) is 0. The SMILES string of the molecule is CC1=CC[C-]=C1.CCCCCC[NH-].[Cl-].[Cl-].[Hf+4]. The third-order valence-corrected chi connectivity index (χ3v) is 1.90. The summed E-state index contributed by atoms with van der Waals surface area (Å²) in [5, 5.41) is 0. The van der Waals surface area contributed by atoms with Crippen molar-refractivity contribution in [3.05, 3.63) is 29.5 Å². The maximum atomic E-state index is 6.78. The molecule has 0 atom stereocenters. The predicted molar refractivity (Wildman–Crippen MR) is 59.5 cm³/mol. The van der Waals surface area contributed by atoms with Gasteiger partial charge < -0.3 is 30.5 Å². The van der Waals surface area contributed by atoms with Gasteiger partial charge in [0.25, 0.3) is 0 Å². The number of halogens is 2. The second kappa shape index (κ2) is 21.2. The molecule has 4 heteroatoms. The smallest absolute Gasteiger partial charge is 1.00 e. The zero-order valence-electron chi connectivity index (χ0n) is 10.2. The molecule has 0 spiro atoms. The van der Waals surface area contributed by atoms with Gasteiger partial charge in [0.15, 0.2) is 0 Å². The molecule has 92 valence electrons. The van der Waals surface area contributed by atoms with E-state index >= 15 is 0 Å². The van der Waals surface area contributed by atoms with E-state index in [0.29, 0.717) is 6.54 Å². The minimum atomic E-state index is 0. The monoisotopic (exact) mass is 429 g/mol. The molecule has 0 aromatic rings. The van der Waals surface area contributed by atoms with Crippen LogP contribution in [0.5, 0.6) is 0 Å². The van der Waals surface area contributed by atoms with Crippen LogP contribution >= 0.6 is 0 Å². The summed E-state index contributed by atoms with van der Waals surface area (Å²) in [7, 11) is 0. The van der Waals surface area contributed by atoms with E-state index in [1.807, 2.05) is 6.08 Å². The van der Waals surface area contributed by atoms with Crippen LogP contribution in [0.4, 0.5) is 0 Å². The summed E-state index contributed by atoms with van der Waals surface area (Å²) in [6, 6.07) is 0. The number of nitrogens with one attached hydrogen (secondary N) is 1. The van der Waals surface area contributed by atoms with Crippen molar-refractivity contribution in [1.82, 2.24) is 0 Å². The van der Waals surface area contributed by atoms with Crippen molar-refractivity contribution in [1.29, 1.82) is 0 Å². The molecule has 0 amide bonds. The molecular weight excluding hydrogens is 408 g/mol. The van der Waals surface area contributed by atoms with Gasteiger partial charge in [-0.25, -0.2) is 11.6 Å². The Morgan fingerprint density at radius 3 is 2.12 bits per heavy atom. The fourth-order valence-corrected chi connectivity index (χ4v) is 1.05. The quantitative estimate of drug-likeness (QED) is 0.290. The molecule has 1 nitrogen and oxygen atoms in total. The molecule has 0 heterocycles. The van der Waals surface area contributed by atoms with Gasteiger partial charge in [-0.1, -0.05) is 32.6 Å². The minimum absolute atomic E-state index is 0. The van der Waals surface area contributed by atoms with E-state index in [1.54, 1.807) is 0 Å². The molecule has 16 heavy (non-hydrogen) atoms. The van der Waals surface area contributed by atoms with Gasteiger partial charge in [-0.05, 0) is 0 Å². The van der Waals surface area contributed by atoms with Gasteiger partial charge in [0.1, 0.15) is 0 Å².